The van der Waals surface area contributed by atoms with Crippen molar-refractivity contribution in [3.63, 3.8) is 0 Å². The van der Waals surface area contributed by atoms with Gasteiger partial charge in [-0.05, 0) is 42.1 Å². The van der Waals surface area contributed by atoms with Crippen molar-refractivity contribution in [2.75, 3.05) is 0 Å². The van der Waals surface area contributed by atoms with Gasteiger partial charge in [0, 0.05) is 28.0 Å². The number of thioether (sulfide) groups is 1. The van der Waals surface area contributed by atoms with Crippen LogP contribution < -0.4 is 0 Å². The molecule has 1 aliphatic heterocycles. The fourth-order valence-electron chi connectivity index (χ4n) is 2.07. The third kappa shape index (κ3) is 4.08. The quantitative estimate of drug-likeness (QED) is 0.498. The lowest BCUT2D eigenvalue weighted by Crippen LogP contribution is -2.34. The minimum atomic E-state index is -4.69. The molecule has 3 rings (SSSR count). The predicted octanol–water partition coefficient (Wildman–Crippen LogP) is 4.13. The van der Waals surface area contributed by atoms with Crippen LogP contribution in [0, 0.1) is 0 Å². The molecule has 27 heavy (non-hydrogen) atoms. The predicted molar refractivity (Wildman–Crippen MR) is 93.3 cm³/mol. The van der Waals surface area contributed by atoms with E-state index >= 15 is 0 Å². The Bertz CT molecular complexity index is 960. The molecule has 2 aromatic rings. The van der Waals surface area contributed by atoms with Gasteiger partial charge < -0.3 is 0 Å². The molecule has 0 atom stereocenters. The molecule has 2 heterocycles. The number of aromatic nitrogens is 2. The Hall–Kier alpha value is -2.53. The van der Waals surface area contributed by atoms with Gasteiger partial charge in [-0.3, -0.25) is 14.4 Å². The molecule has 11 heteroatoms. The summed E-state index contributed by atoms with van der Waals surface area (Å²) in [6.45, 7) is 0. The van der Waals surface area contributed by atoms with Gasteiger partial charge in [-0.15, -0.1) is 0 Å². The molecule has 1 aromatic carbocycles. The zero-order valence-electron chi connectivity index (χ0n) is 13.0. The molecule has 1 saturated heterocycles. The van der Waals surface area contributed by atoms with Crippen LogP contribution in [0.5, 0.6) is 0 Å². The molecule has 0 N–H and O–H groups in total. The molecule has 6 nitrogen and oxygen atoms in total. The Morgan fingerprint density at radius 1 is 1.11 bits per heavy atom. The van der Waals surface area contributed by atoms with Crippen LogP contribution >= 0.6 is 27.7 Å². The van der Waals surface area contributed by atoms with Crippen molar-refractivity contribution in [1.29, 1.82) is 0 Å². The highest BCUT2D eigenvalue weighted by Gasteiger charge is 2.40. The summed E-state index contributed by atoms with van der Waals surface area (Å²) in [7, 11) is 0. The van der Waals surface area contributed by atoms with Gasteiger partial charge in [-0.2, -0.15) is 13.2 Å². The van der Waals surface area contributed by atoms with Crippen molar-refractivity contribution in [3.8, 4) is 0 Å². The van der Waals surface area contributed by atoms with Gasteiger partial charge in [-0.1, -0.05) is 15.9 Å². The van der Waals surface area contributed by atoms with Crippen LogP contribution in [0.2, 0.25) is 0 Å². The van der Waals surface area contributed by atoms with Crippen molar-refractivity contribution >= 4 is 50.8 Å². The molecule has 0 bridgehead atoms. The number of carbonyl (C=O) groups is 3. The van der Waals surface area contributed by atoms with Gasteiger partial charge in [0.2, 0.25) is 5.82 Å². The average Bonchev–Trinajstić information content (AvgIpc) is 2.88. The van der Waals surface area contributed by atoms with Crippen molar-refractivity contribution in [2.24, 2.45) is 0 Å². The zero-order valence-corrected chi connectivity index (χ0v) is 15.4. The number of hydrogen-bond acceptors (Lipinski definition) is 6. The van der Waals surface area contributed by atoms with Crippen molar-refractivity contribution in [1.82, 2.24) is 14.9 Å². The molecule has 1 aromatic heterocycles. The van der Waals surface area contributed by atoms with Gasteiger partial charge in [0.05, 0.1) is 4.91 Å². The monoisotopic (exact) mass is 457 g/mol. The summed E-state index contributed by atoms with van der Waals surface area (Å²) in [4.78, 5) is 43.6. The van der Waals surface area contributed by atoms with Crippen LogP contribution in [0.15, 0.2) is 46.0 Å². The third-order valence-corrected chi connectivity index (χ3v) is 4.71. The van der Waals surface area contributed by atoms with Gasteiger partial charge in [0.25, 0.3) is 11.8 Å². The second-order valence-corrected chi connectivity index (χ2v) is 7.08. The first-order valence-corrected chi connectivity index (χ1v) is 8.75. The van der Waals surface area contributed by atoms with Crippen molar-refractivity contribution < 1.29 is 27.6 Å². The van der Waals surface area contributed by atoms with Crippen LogP contribution in [0.1, 0.15) is 21.7 Å². The van der Waals surface area contributed by atoms with Crippen LogP contribution in [0.25, 0.3) is 6.08 Å². The molecule has 1 aliphatic rings. The summed E-state index contributed by atoms with van der Waals surface area (Å²) < 4.78 is 38.1. The number of hydrogen-bond donors (Lipinski definition) is 0. The van der Waals surface area contributed by atoms with E-state index < -0.39 is 29.1 Å². The smallest absolute Gasteiger partial charge is 0.268 e. The first kappa shape index (κ1) is 19.2. The maximum Gasteiger partial charge on any atom is 0.451 e. The molecular weight excluding hydrogens is 451 g/mol. The minimum absolute atomic E-state index is 0.0876. The van der Waals surface area contributed by atoms with Gasteiger partial charge >= 0.3 is 11.4 Å². The van der Waals surface area contributed by atoms with Crippen LogP contribution in [0.3, 0.4) is 0 Å². The molecular formula is C16H7BrF3N3O3S. The highest BCUT2D eigenvalue weighted by Crippen LogP contribution is 2.33. The SMILES string of the molecule is O=C1S/C(=C\c2cnc(C(F)(F)F)nc2)C(=O)N1C(=O)c1ccc(Br)cc1. The van der Waals surface area contributed by atoms with E-state index in [1.807, 2.05) is 0 Å². The van der Waals surface area contributed by atoms with E-state index in [4.69, 9.17) is 0 Å². The molecule has 0 saturated carbocycles. The Labute approximate surface area is 162 Å². The summed E-state index contributed by atoms with van der Waals surface area (Å²) in [6.07, 6.45) is -1.78. The van der Waals surface area contributed by atoms with Crippen molar-refractivity contribution in [3.05, 3.63) is 63.0 Å². The fraction of sp³-hybridized carbons (Fsp3) is 0.0625. The average molecular weight is 458 g/mol. The third-order valence-electron chi connectivity index (χ3n) is 3.31. The summed E-state index contributed by atoms with van der Waals surface area (Å²) in [6, 6.07) is 6.06. The molecule has 1 fully saturated rings. The highest BCUT2D eigenvalue weighted by atomic mass is 79.9. The number of alkyl halides is 3. The number of carbonyl (C=O) groups excluding carboxylic acids is 3. The minimum Gasteiger partial charge on any atom is -0.268 e. The normalized spacial score (nSPS) is 16.3. The van der Waals surface area contributed by atoms with Crippen LogP contribution in [-0.4, -0.2) is 31.9 Å². The zero-order chi connectivity index (χ0) is 19.8. The van der Waals surface area contributed by atoms with E-state index in [9.17, 15) is 27.6 Å². The molecule has 0 spiro atoms. The number of benzene rings is 1. The summed E-state index contributed by atoms with van der Waals surface area (Å²) in [5, 5.41) is -0.799. The maximum atomic E-state index is 12.5. The Morgan fingerprint density at radius 3 is 2.26 bits per heavy atom. The number of rotatable bonds is 2. The topological polar surface area (TPSA) is 80.2 Å². The van der Waals surface area contributed by atoms with E-state index in [2.05, 4.69) is 25.9 Å². The lowest BCUT2D eigenvalue weighted by Gasteiger charge is -2.10. The Kier molecular flexibility index (Phi) is 5.16. The van der Waals surface area contributed by atoms with Gasteiger partial charge in [0.15, 0.2) is 0 Å². The Balaban J connectivity index is 1.84. The molecule has 0 aliphatic carbocycles. The lowest BCUT2D eigenvalue weighted by molar-refractivity contribution is -0.145. The number of halogens is 4. The van der Waals surface area contributed by atoms with E-state index in [1.54, 1.807) is 12.1 Å². The lowest BCUT2D eigenvalue weighted by atomic mass is 10.2. The van der Waals surface area contributed by atoms with Crippen molar-refractivity contribution in [2.45, 2.75) is 6.18 Å². The molecule has 138 valence electrons. The maximum absolute atomic E-state index is 12.5. The number of imide groups is 3. The van der Waals surface area contributed by atoms with Gasteiger partial charge in [0.1, 0.15) is 0 Å². The van der Waals surface area contributed by atoms with Crippen LogP contribution in [-0.2, 0) is 11.0 Å². The second-order valence-electron chi connectivity index (χ2n) is 5.17. The number of nitrogens with zero attached hydrogens (tertiary/aromatic N) is 3. The van der Waals surface area contributed by atoms with Crippen LogP contribution in [0.4, 0.5) is 18.0 Å². The second kappa shape index (κ2) is 7.24. The van der Waals surface area contributed by atoms with Gasteiger partial charge in [-0.25, -0.2) is 14.9 Å². The first-order valence-electron chi connectivity index (χ1n) is 7.14. The standard InChI is InChI=1S/C16H7BrF3N3O3S/c17-10-3-1-9(2-4-10)12(24)23-13(25)11(27-15(23)26)5-8-6-21-14(22-7-8)16(18,19)20/h1-7H/b11-5-. The van der Waals surface area contributed by atoms with E-state index in [0.29, 0.717) is 16.7 Å². The first-order chi connectivity index (χ1) is 12.7. The van der Waals surface area contributed by atoms with E-state index in [-0.39, 0.29) is 16.0 Å². The number of amides is 3. The summed E-state index contributed by atoms with van der Waals surface area (Å²) in [5.74, 6) is -2.98. The van der Waals surface area contributed by atoms with E-state index in [1.165, 1.54) is 12.1 Å². The molecule has 3 amide bonds. The summed E-state index contributed by atoms with van der Waals surface area (Å²) >= 11 is 3.71. The fourth-order valence-corrected chi connectivity index (χ4v) is 3.16. The van der Waals surface area contributed by atoms with E-state index in [0.717, 1.165) is 22.9 Å². The highest BCUT2D eigenvalue weighted by molar-refractivity contribution is 9.10. The largest absolute Gasteiger partial charge is 0.451 e. The molecule has 0 unspecified atom stereocenters. The molecule has 0 radical (unpaired) electrons. The summed E-state index contributed by atoms with van der Waals surface area (Å²) in [5.41, 5.74) is 0.226. The Morgan fingerprint density at radius 2 is 1.70 bits per heavy atom.